The molecule has 0 amide bonds. The molecule has 6 rings (SSSR count). The molecule has 0 fully saturated rings. The SMILES string of the molecule is ClC1=C(Cl)c2cc3ccc(cc4ccc(cc5nc(cc1n2)C=C5)[nH]4)[nH]3.Oc1ccccc1. The maximum atomic E-state index is 8.63. The van der Waals surface area contributed by atoms with Crippen LogP contribution < -0.4 is 0 Å². The number of H-pyrrole nitrogens is 2. The second-order valence-corrected chi connectivity index (χ2v) is 8.21. The Morgan fingerprint density at radius 3 is 1.67 bits per heavy atom. The van der Waals surface area contributed by atoms with Gasteiger partial charge in [-0.25, -0.2) is 9.97 Å². The molecule has 0 saturated heterocycles. The largest absolute Gasteiger partial charge is 0.508 e. The average Bonchev–Trinajstić information content (AvgIpc) is 3.58. The molecule has 3 N–H and O–H groups in total. The van der Waals surface area contributed by atoms with Crippen molar-refractivity contribution in [3.05, 3.63) is 102 Å². The standard InChI is InChI=1S/C20H12Cl2N4.C6H6O/c21-19-17-9-15-5-3-13(24-15)7-11-1-2-12(23-11)8-14-4-6-16(25-14)10-18(26-17)20(19)22;7-6-4-2-1-3-5-6/h1-10,23-24H;1-5,7H. The van der Waals surface area contributed by atoms with Crippen LogP contribution in [0.5, 0.6) is 5.75 Å². The average molecular weight is 473 g/mol. The number of aromatic nitrogens is 4. The van der Waals surface area contributed by atoms with Crippen molar-refractivity contribution in [3.63, 3.8) is 0 Å². The van der Waals surface area contributed by atoms with Crippen molar-refractivity contribution in [2.45, 2.75) is 0 Å². The molecule has 0 radical (unpaired) electrons. The van der Waals surface area contributed by atoms with Crippen molar-refractivity contribution >= 4 is 67.5 Å². The number of para-hydroxylation sites is 1. The molecule has 3 aromatic heterocycles. The summed E-state index contributed by atoms with van der Waals surface area (Å²) in [6, 6.07) is 24.5. The van der Waals surface area contributed by atoms with Crippen molar-refractivity contribution in [2.24, 2.45) is 0 Å². The Balaban J connectivity index is 0.000000281. The Morgan fingerprint density at radius 2 is 1.09 bits per heavy atom. The van der Waals surface area contributed by atoms with E-state index >= 15 is 0 Å². The van der Waals surface area contributed by atoms with Crippen LogP contribution >= 0.6 is 23.2 Å². The molecule has 4 aromatic rings. The first kappa shape index (κ1) is 21.1. The van der Waals surface area contributed by atoms with Crippen LogP contribution in [0.2, 0.25) is 0 Å². The lowest BCUT2D eigenvalue weighted by molar-refractivity contribution is 0.475. The fourth-order valence-electron chi connectivity index (χ4n) is 3.44. The van der Waals surface area contributed by atoms with Crippen LogP contribution in [0.4, 0.5) is 0 Å². The van der Waals surface area contributed by atoms with E-state index in [1.54, 1.807) is 24.3 Å². The predicted molar refractivity (Wildman–Crippen MR) is 137 cm³/mol. The van der Waals surface area contributed by atoms with E-state index in [0.29, 0.717) is 27.2 Å². The lowest BCUT2D eigenvalue weighted by Crippen LogP contribution is -1.79. The van der Waals surface area contributed by atoms with E-state index in [-0.39, 0.29) is 0 Å². The second-order valence-electron chi connectivity index (χ2n) is 7.46. The highest BCUT2D eigenvalue weighted by Crippen LogP contribution is 2.35. The molecule has 5 heterocycles. The molecule has 1 aromatic carbocycles. The summed E-state index contributed by atoms with van der Waals surface area (Å²) in [4.78, 5) is 15.8. The number of phenolic OH excluding ortho intramolecular Hbond substituents is 1. The maximum absolute atomic E-state index is 8.63. The van der Waals surface area contributed by atoms with Gasteiger partial charge < -0.3 is 15.1 Å². The molecule has 5 nitrogen and oxygen atoms in total. The van der Waals surface area contributed by atoms with Gasteiger partial charge in [0.05, 0.1) is 32.8 Å². The third-order valence-corrected chi connectivity index (χ3v) is 5.84. The molecule has 162 valence electrons. The zero-order valence-electron chi connectivity index (χ0n) is 17.3. The smallest absolute Gasteiger partial charge is 0.115 e. The van der Waals surface area contributed by atoms with Gasteiger partial charge in [-0.3, -0.25) is 0 Å². The Bertz CT molecular complexity index is 1550. The predicted octanol–water partition coefficient (Wildman–Crippen LogP) is 7.18. The number of halogens is 2. The fourth-order valence-corrected chi connectivity index (χ4v) is 3.82. The quantitative estimate of drug-likeness (QED) is 0.223. The maximum Gasteiger partial charge on any atom is 0.115 e. The minimum Gasteiger partial charge on any atom is -0.508 e. The van der Waals surface area contributed by atoms with Crippen molar-refractivity contribution in [2.75, 3.05) is 0 Å². The first-order chi connectivity index (χ1) is 16.0. The first-order valence-corrected chi connectivity index (χ1v) is 11.0. The number of rotatable bonds is 0. The molecule has 8 bridgehead atoms. The number of benzene rings is 1. The van der Waals surface area contributed by atoms with Gasteiger partial charge in [0.15, 0.2) is 0 Å². The highest BCUT2D eigenvalue weighted by molar-refractivity contribution is 6.65. The van der Waals surface area contributed by atoms with E-state index in [2.05, 4.69) is 19.9 Å². The Labute approximate surface area is 199 Å². The Hall–Kier alpha value is -3.80. The van der Waals surface area contributed by atoms with Crippen molar-refractivity contribution in [1.29, 1.82) is 0 Å². The highest BCUT2D eigenvalue weighted by atomic mass is 35.5. The lowest BCUT2D eigenvalue weighted by atomic mass is 10.3. The number of aromatic amines is 2. The molecule has 0 unspecified atom stereocenters. The molecule has 0 atom stereocenters. The topological polar surface area (TPSA) is 77.6 Å². The summed E-state index contributed by atoms with van der Waals surface area (Å²) in [5.74, 6) is 0.322. The highest BCUT2D eigenvalue weighted by Gasteiger charge is 2.16. The summed E-state index contributed by atoms with van der Waals surface area (Å²) >= 11 is 12.7. The van der Waals surface area contributed by atoms with Crippen LogP contribution in [0.3, 0.4) is 0 Å². The number of nitrogens with zero attached hydrogens (tertiary/aromatic N) is 2. The number of hydrogen-bond acceptors (Lipinski definition) is 3. The Kier molecular flexibility index (Phi) is 5.73. The molecular formula is C26H18Cl2N4O. The van der Waals surface area contributed by atoms with Gasteiger partial charge in [-0.05, 0) is 72.8 Å². The van der Waals surface area contributed by atoms with E-state index in [1.165, 1.54) is 0 Å². The number of phenols is 1. The van der Waals surface area contributed by atoms with Gasteiger partial charge in [-0.2, -0.15) is 0 Å². The van der Waals surface area contributed by atoms with Crippen LogP contribution in [0, 0.1) is 0 Å². The summed E-state index contributed by atoms with van der Waals surface area (Å²) in [5, 5.41) is 9.50. The summed E-state index contributed by atoms with van der Waals surface area (Å²) in [6.45, 7) is 0. The zero-order valence-corrected chi connectivity index (χ0v) is 18.8. The van der Waals surface area contributed by atoms with Gasteiger partial charge in [-0.1, -0.05) is 41.4 Å². The number of nitrogens with one attached hydrogen (secondary N) is 2. The van der Waals surface area contributed by atoms with Crippen LogP contribution in [0.1, 0.15) is 22.8 Å². The molecule has 0 spiro atoms. The summed E-state index contributed by atoms with van der Waals surface area (Å²) in [7, 11) is 0. The molecule has 0 saturated carbocycles. The van der Waals surface area contributed by atoms with Gasteiger partial charge in [0.1, 0.15) is 5.75 Å². The van der Waals surface area contributed by atoms with Crippen molar-refractivity contribution < 1.29 is 5.11 Å². The normalized spacial score (nSPS) is 12.4. The van der Waals surface area contributed by atoms with Gasteiger partial charge in [-0.15, -0.1) is 0 Å². The third kappa shape index (κ3) is 4.85. The summed E-state index contributed by atoms with van der Waals surface area (Å²) in [6.07, 6.45) is 3.88. The van der Waals surface area contributed by atoms with Crippen LogP contribution in [0.15, 0.2) is 78.9 Å². The van der Waals surface area contributed by atoms with Crippen molar-refractivity contribution in [1.82, 2.24) is 19.9 Å². The van der Waals surface area contributed by atoms with Gasteiger partial charge in [0.2, 0.25) is 0 Å². The molecule has 2 aliphatic heterocycles. The summed E-state index contributed by atoms with van der Waals surface area (Å²) < 4.78 is 0. The van der Waals surface area contributed by atoms with E-state index in [4.69, 9.17) is 28.3 Å². The van der Waals surface area contributed by atoms with Crippen molar-refractivity contribution in [3.8, 4) is 5.75 Å². The van der Waals surface area contributed by atoms with Gasteiger partial charge in [0.25, 0.3) is 0 Å². The third-order valence-electron chi connectivity index (χ3n) is 4.98. The van der Waals surface area contributed by atoms with Crippen LogP contribution in [-0.4, -0.2) is 25.0 Å². The van der Waals surface area contributed by atoms with Crippen LogP contribution in [-0.2, 0) is 0 Å². The minimum atomic E-state index is 0.322. The van der Waals surface area contributed by atoms with E-state index < -0.39 is 0 Å². The van der Waals surface area contributed by atoms with E-state index in [0.717, 1.165) is 33.5 Å². The van der Waals surface area contributed by atoms with E-state index in [1.807, 2.05) is 66.7 Å². The first-order valence-electron chi connectivity index (χ1n) is 10.2. The molecule has 33 heavy (non-hydrogen) atoms. The Morgan fingerprint density at radius 1 is 0.576 bits per heavy atom. The molecule has 2 aliphatic rings. The second kappa shape index (κ2) is 8.98. The van der Waals surface area contributed by atoms with Gasteiger partial charge in [0, 0.05) is 22.1 Å². The fraction of sp³-hybridized carbons (Fsp3) is 0. The number of hydrogen-bond donors (Lipinski definition) is 3. The molecular weight excluding hydrogens is 455 g/mol. The minimum absolute atomic E-state index is 0.322. The monoisotopic (exact) mass is 472 g/mol. The van der Waals surface area contributed by atoms with Crippen LogP contribution in [0.25, 0.3) is 44.3 Å². The van der Waals surface area contributed by atoms with E-state index in [9.17, 15) is 0 Å². The number of fused-ring (bicyclic) bond motifs is 8. The number of aromatic hydroxyl groups is 1. The molecule has 0 aliphatic carbocycles. The zero-order chi connectivity index (χ0) is 22.8. The van der Waals surface area contributed by atoms with Gasteiger partial charge >= 0.3 is 0 Å². The lowest BCUT2D eigenvalue weighted by Gasteiger charge is -1.89. The summed E-state index contributed by atoms with van der Waals surface area (Å²) in [5.41, 5.74) is 6.75. The molecule has 7 heteroatoms.